The summed E-state index contributed by atoms with van der Waals surface area (Å²) in [6.07, 6.45) is 0. The van der Waals surface area contributed by atoms with E-state index < -0.39 is 0 Å². The van der Waals surface area contributed by atoms with Gasteiger partial charge in [0.25, 0.3) is 23.6 Å². The molecule has 0 saturated heterocycles. The number of hydrogen-bond acceptors (Lipinski definition) is 18. The number of thiophene rings is 4. The van der Waals surface area contributed by atoms with Crippen LogP contribution in [0.15, 0.2) is 61.8 Å². The molecule has 0 aliphatic carbocycles. The van der Waals surface area contributed by atoms with E-state index in [1.54, 1.807) is 47.8 Å². The van der Waals surface area contributed by atoms with E-state index in [9.17, 15) is 19.2 Å². The van der Waals surface area contributed by atoms with Gasteiger partial charge in [-0.15, -0.1) is 45.3 Å². The van der Waals surface area contributed by atoms with Crippen LogP contribution in [0, 0.1) is 84.0 Å². The summed E-state index contributed by atoms with van der Waals surface area (Å²) in [5, 5.41) is 15.6. The van der Waals surface area contributed by atoms with Crippen LogP contribution < -0.4 is 0 Å². The Morgan fingerprint density at radius 1 is 0.282 bits per heavy atom. The standard InChI is InChI=1S/C20H24Cl2S2.C20H26S2.2C16H24N2O2.C16H24N2O.C16H24N2S.C14H21N3S/c1-9-11-13(21)17(19(3,4)5)24-16(11)10(2)12-14(22)18(20(6,7)8)23-15(9)12;1-11-13-9-15(19(3,4)5)22-18(13)12(2)14-10-16(20(6,7)8)21-17(11)14;1-15(2,3)9-11-12(18(8)13(9)19)10(16(4,5)6)14(20)17(11)7;1-15(2,3)11-9-10(14(20)17(11)7)12(16(4,5)6)18(8)13(9)19;2*1-9-10(2)12(16(6,7)8)14-13(17-19-18-14)11(9)15(3,4)5;1-8-9(13(2,3)4)10-11(17-18-16-10)12(15-8)14(5,6)7/h1-8H3;9-10H,1-8H3;2*1-8H3;2*1-8H3;1-7H3. The van der Waals surface area contributed by atoms with Crippen LogP contribution in [0.4, 0.5) is 0 Å². The molecule has 24 heteroatoms. The quantitative estimate of drug-likeness (QED) is 0.140. The summed E-state index contributed by atoms with van der Waals surface area (Å²) in [7, 11) is 7.03. The second-order valence-corrected chi connectivity index (χ2v) is 60.2. The maximum atomic E-state index is 12.6. The zero-order valence-corrected chi connectivity index (χ0v) is 103. The van der Waals surface area contributed by atoms with E-state index in [-0.39, 0.29) is 99.4 Å². The highest BCUT2D eigenvalue weighted by atomic mass is 35.5. The van der Waals surface area contributed by atoms with Crippen LogP contribution in [-0.4, -0.2) is 104 Å². The molecular formula is C118H167Cl2N11O5S6. The lowest BCUT2D eigenvalue weighted by Gasteiger charge is -2.30. The van der Waals surface area contributed by atoms with Crippen molar-refractivity contribution in [3.05, 3.63) is 170 Å². The van der Waals surface area contributed by atoms with Crippen molar-refractivity contribution in [1.29, 1.82) is 0 Å². The van der Waals surface area contributed by atoms with E-state index in [2.05, 4.69) is 310 Å². The molecule has 4 amide bonds. The summed E-state index contributed by atoms with van der Waals surface area (Å²) >= 11 is 23.9. The Kier molecular flexibility index (Phi) is 31.8. The number of allylic oxidation sites excluding steroid dienone is 2. The van der Waals surface area contributed by atoms with Gasteiger partial charge in [-0.3, -0.25) is 24.2 Å². The SMILES string of the molecule is CN1C(=O)C(C(C)(C)C)=C2C1=C(C(C)(C)C)C(=O)N2C.CN1C(=O)C2=C(C(C)(C)C)N(C)C(=O)C2=C1C(C)(C)C.Cc1c(C)c(C(C)(C)C)c2nonc2c1C(C)(C)C.Cc1c(C)c(C(C)(C)C)c2nsnc2c1C(C)(C)C.Cc1c2cc(C(C)(C)C)sc2c(C)c2cc(C(C)(C)C)sc12.Cc1c2sc(C(C)(C)C)c(Cl)c2c(C)c2sc(C(C)(C)C)c(Cl)c12.Cc1nc(C(C)(C)C)c2nsnc2c1C(C)(C)C. The van der Waals surface area contributed by atoms with Crippen LogP contribution in [0.5, 0.6) is 0 Å². The third-order valence-electron chi connectivity index (χ3n) is 27.3. The smallest absolute Gasteiger partial charge is 0.260 e. The Bertz CT molecular complexity index is 6660. The van der Waals surface area contributed by atoms with Crippen LogP contribution in [0.3, 0.4) is 0 Å². The van der Waals surface area contributed by atoms with Crippen molar-refractivity contribution >= 4 is 189 Å². The maximum Gasteiger partial charge on any atom is 0.260 e. The van der Waals surface area contributed by atoms with Crippen molar-refractivity contribution < 1.29 is 23.8 Å². The molecule has 774 valence electrons. The number of carbonyl (C=O) groups excluding carboxylic acids is 4. The minimum absolute atomic E-state index is 0.00333. The molecule has 4 aliphatic heterocycles. The number of rotatable bonds is 0. The van der Waals surface area contributed by atoms with Gasteiger partial charge in [0.1, 0.15) is 33.1 Å². The lowest BCUT2D eigenvalue weighted by atomic mass is 9.75. The lowest BCUT2D eigenvalue weighted by molar-refractivity contribution is -0.126. The van der Waals surface area contributed by atoms with Crippen molar-refractivity contribution in [3.63, 3.8) is 0 Å². The second kappa shape index (κ2) is 38.8. The fraction of sp³-hybridized carbons (Fsp3) is 0.585. The number of carbonyl (C=O) groups is 4. The minimum atomic E-state index is -0.287. The average Bonchev–Trinajstić information content (AvgIpc) is 1.55. The molecule has 142 heavy (non-hydrogen) atoms. The Morgan fingerprint density at radius 2 is 0.556 bits per heavy atom. The first-order chi connectivity index (χ1) is 63.8. The van der Waals surface area contributed by atoms with Crippen molar-refractivity contribution in [2.24, 2.45) is 21.7 Å². The monoisotopic (exact) mass is 2080 g/mol. The molecule has 16 nitrogen and oxygen atoms in total. The number of aryl methyl sites for hydroxylation is 5. The van der Waals surface area contributed by atoms with Gasteiger partial charge in [0, 0.05) is 127 Å². The van der Waals surface area contributed by atoms with Gasteiger partial charge >= 0.3 is 0 Å². The first-order valence-electron chi connectivity index (χ1n) is 49.9. The van der Waals surface area contributed by atoms with Gasteiger partial charge in [-0.25, -0.2) is 4.63 Å². The number of likely N-dealkylation sites (N-methyl/N-ethyl adjacent to an activating group) is 4. The molecule has 0 saturated carbocycles. The number of benzene rings is 4. The lowest BCUT2D eigenvalue weighted by Crippen LogP contribution is -2.33. The van der Waals surface area contributed by atoms with Gasteiger partial charge in [0.05, 0.1) is 61.7 Å². The minimum Gasteiger partial charge on any atom is -0.314 e. The first kappa shape index (κ1) is 116. The Morgan fingerprint density at radius 3 is 0.810 bits per heavy atom. The topological polar surface area (TPSA) is 185 Å². The fourth-order valence-electron chi connectivity index (χ4n) is 20.9. The average molecular weight is 2080 g/mol. The molecular weight excluding hydrogens is 1910 g/mol. The molecule has 0 fully saturated rings. The zero-order valence-electron chi connectivity index (χ0n) is 96.8. The van der Waals surface area contributed by atoms with Crippen LogP contribution in [0.2, 0.25) is 10.0 Å². The van der Waals surface area contributed by atoms with Crippen LogP contribution in [0.1, 0.15) is 394 Å². The van der Waals surface area contributed by atoms with Crippen molar-refractivity contribution in [1.82, 2.24) is 52.4 Å². The Hall–Kier alpha value is -7.67. The van der Waals surface area contributed by atoms with Crippen LogP contribution in [-0.2, 0) is 73.3 Å². The molecule has 0 bridgehead atoms. The molecule has 0 atom stereocenters. The van der Waals surface area contributed by atoms with E-state index in [1.165, 1.54) is 156 Å². The molecule has 0 N–H and O–H groups in total. The summed E-state index contributed by atoms with van der Waals surface area (Å²) in [5.74, 6) is -0.118. The van der Waals surface area contributed by atoms with Crippen LogP contribution in [0.25, 0.3) is 73.4 Å². The van der Waals surface area contributed by atoms with E-state index in [0.29, 0.717) is 11.1 Å². The third-order valence-corrected chi connectivity index (χ3v) is 36.2. The number of fused-ring (bicyclic) bond motifs is 9. The van der Waals surface area contributed by atoms with Gasteiger partial charge in [0.2, 0.25) is 0 Å². The maximum absolute atomic E-state index is 12.6. The molecule has 0 radical (unpaired) electrons. The highest BCUT2D eigenvalue weighted by molar-refractivity contribution is 7.22. The summed E-state index contributed by atoms with van der Waals surface area (Å²) in [4.78, 5) is 67.3. The molecule has 16 rings (SSSR count). The highest BCUT2D eigenvalue weighted by Gasteiger charge is 2.53. The molecule has 4 aliphatic rings. The number of hydrogen-bond donors (Lipinski definition) is 0. The molecule has 8 aromatic heterocycles. The molecule has 0 spiro atoms. The third kappa shape index (κ3) is 22.0. The largest absolute Gasteiger partial charge is 0.314 e. The van der Waals surface area contributed by atoms with Gasteiger partial charge in [0.15, 0.2) is 0 Å². The highest BCUT2D eigenvalue weighted by Crippen LogP contribution is 2.56. The predicted molar refractivity (Wildman–Crippen MR) is 616 cm³/mol. The van der Waals surface area contributed by atoms with Crippen molar-refractivity contribution in [2.75, 3.05) is 28.2 Å². The molecule has 12 heterocycles. The molecule has 4 aromatic carbocycles. The van der Waals surface area contributed by atoms with Gasteiger partial charge < -0.3 is 19.6 Å². The van der Waals surface area contributed by atoms with E-state index in [1.807, 2.05) is 128 Å². The molecule has 0 unspecified atom stereocenters. The van der Waals surface area contributed by atoms with Crippen molar-refractivity contribution in [2.45, 2.75) is 407 Å². The normalized spacial score (nSPS) is 15.4. The number of aromatic nitrogens is 7. The number of pyridine rings is 1. The van der Waals surface area contributed by atoms with Crippen molar-refractivity contribution in [3.8, 4) is 0 Å². The first-order valence-corrected chi connectivity index (χ1v) is 55.4. The fourth-order valence-corrected chi connectivity index (χ4v) is 28.6. The summed E-state index contributed by atoms with van der Waals surface area (Å²) in [5.41, 5.74) is 31.1. The van der Waals surface area contributed by atoms with Gasteiger partial charge in [-0.1, -0.05) is 314 Å². The van der Waals surface area contributed by atoms with E-state index >= 15 is 0 Å². The number of nitrogens with zero attached hydrogens (tertiary/aromatic N) is 11. The van der Waals surface area contributed by atoms with Crippen LogP contribution >= 0.6 is 92.0 Å². The Labute approximate surface area is 885 Å². The van der Waals surface area contributed by atoms with Gasteiger partial charge in [-0.05, 0) is 222 Å². The van der Waals surface area contributed by atoms with E-state index in [0.717, 1.165) is 88.5 Å². The zero-order chi connectivity index (χ0) is 109. The summed E-state index contributed by atoms with van der Waals surface area (Å²) in [6, 6.07) is 4.86. The second-order valence-electron chi connectivity index (χ2n) is 54.3. The van der Waals surface area contributed by atoms with E-state index in [4.69, 9.17) is 32.8 Å². The number of halogens is 2. The predicted octanol–water partition coefficient (Wildman–Crippen LogP) is 34.4. The Balaban J connectivity index is 0.000000171. The number of amides is 4. The summed E-state index contributed by atoms with van der Waals surface area (Å²) < 4.78 is 28.7. The summed E-state index contributed by atoms with van der Waals surface area (Å²) in [6.45, 7) is 111. The van der Waals surface area contributed by atoms with Gasteiger partial charge in [-0.2, -0.15) is 17.5 Å². The molecule has 12 aromatic rings.